The molecule has 118 valence electrons. The zero-order valence-corrected chi connectivity index (χ0v) is 13.6. The second kappa shape index (κ2) is 5.99. The van der Waals surface area contributed by atoms with E-state index in [0.29, 0.717) is 16.9 Å². The van der Waals surface area contributed by atoms with Crippen molar-refractivity contribution in [2.75, 3.05) is 19.6 Å². The molecule has 2 aromatic carbocycles. The Balaban J connectivity index is 1.61. The molecular formula is C19H19ClN2O. The Kier molecular flexibility index (Phi) is 3.83. The molecule has 0 unspecified atom stereocenters. The lowest BCUT2D eigenvalue weighted by molar-refractivity contribution is 0.0951. The van der Waals surface area contributed by atoms with Crippen LogP contribution >= 0.6 is 11.6 Å². The first kappa shape index (κ1) is 14.7. The molecule has 1 N–H and O–H groups in total. The van der Waals surface area contributed by atoms with E-state index in [-0.39, 0.29) is 5.91 Å². The Morgan fingerprint density at radius 3 is 2.78 bits per heavy atom. The Hall–Kier alpha value is -1.84. The van der Waals surface area contributed by atoms with E-state index in [2.05, 4.69) is 34.5 Å². The summed E-state index contributed by atoms with van der Waals surface area (Å²) in [5.41, 5.74) is 3.22. The molecule has 23 heavy (non-hydrogen) atoms. The standard InChI is InChI=1S/C19H19ClN2O/c20-15-6-7-16-17(8-15)18-12-22(10-13-4-2-1-3-5-13)11-14(18)9-21-19(16)23/h1-8,14,18H,9-12H2,(H,21,23)/t14-,18-/m0/s1. The molecule has 4 rings (SSSR count). The molecule has 2 atom stereocenters. The summed E-state index contributed by atoms with van der Waals surface area (Å²) < 4.78 is 0. The van der Waals surface area contributed by atoms with Gasteiger partial charge < -0.3 is 5.32 Å². The van der Waals surface area contributed by atoms with Gasteiger partial charge in [0.1, 0.15) is 0 Å². The van der Waals surface area contributed by atoms with Crippen molar-refractivity contribution in [1.82, 2.24) is 10.2 Å². The third-order valence-electron chi connectivity index (χ3n) is 4.95. The van der Waals surface area contributed by atoms with Gasteiger partial charge in [-0.1, -0.05) is 41.9 Å². The number of nitrogens with zero attached hydrogens (tertiary/aromatic N) is 1. The van der Waals surface area contributed by atoms with Crippen LogP contribution in [0.2, 0.25) is 5.02 Å². The van der Waals surface area contributed by atoms with E-state index in [1.165, 1.54) is 5.56 Å². The van der Waals surface area contributed by atoms with E-state index >= 15 is 0 Å². The highest BCUT2D eigenvalue weighted by atomic mass is 35.5. The van der Waals surface area contributed by atoms with Gasteiger partial charge in [-0.25, -0.2) is 0 Å². The van der Waals surface area contributed by atoms with E-state index in [0.717, 1.165) is 37.3 Å². The Morgan fingerprint density at radius 1 is 1.13 bits per heavy atom. The molecule has 2 aliphatic rings. The van der Waals surface area contributed by atoms with Crippen LogP contribution in [0.3, 0.4) is 0 Å². The lowest BCUT2D eigenvalue weighted by Crippen LogP contribution is -2.29. The number of carbonyl (C=O) groups is 1. The number of carbonyl (C=O) groups excluding carboxylic acids is 1. The van der Waals surface area contributed by atoms with Gasteiger partial charge in [-0.2, -0.15) is 0 Å². The van der Waals surface area contributed by atoms with Gasteiger partial charge in [-0.15, -0.1) is 0 Å². The van der Waals surface area contributed by atoms with Gasteiger partial charge in [-0.05, 0) is 35.2 Å². The van der Waals surface area contributed by atoms with Gasteiger partial charge in [0.05, 0.1) is 0 Å². The van der Waals surface area contributed by atoms with Crippen LogP contribution in [-0.4, -0.2) is 30.4 Å². The molecule has 0 bridgehead atoms. The minimum Gasteiger partial charge on any atom is -0.352 e. The molecule has 0 radical (unpaired) electrons. The molecule has 1 amide bonds. The summed E-state index contributed by atoms with van der Waals surface area (Å²) in [7, 11) is 0. The van der Waals surface area contributed by atoms with E-state index in [4.69, 9.17) is 11.6 Å². The summed E-state index contributed by atoms with van der Waals surface area (Å²) in [5, 5.41) is 3.77. The lowest BCUT2D eigenvalue weighted by atomic mass is 9.87. The average molecular weight is 327 g/mol. The quantitative estimate of drug-likeness (QED) is 0.918. The molecule has 0 aliphatic carbocycles. The summed E-state index contributed by atoms with van der Waals surface area (Å²) in [6.45, 7) is 3.67. The van der Waals surface area contributed by atoms with Crippen LogP contribution in [0.4, 0.5) is 0 Å². The van der Waals surface area contributed by atoms with Crippen molar-refractivity contribution in [3.05, 3.63) is 70.2 Å². The summed E-state index contributed by atoms with van der Waals surface area (Å²) >= 11 is 6.19. The number of halogens is 1. The van der Waals surface area contributed by atoms with Crippen LogP contribution in [0.25, 0.3) is 0 Å². The zero-order valence-electron chi connectivity index (χ0n) is 12.8. The first-order chi connectivity index (χ1) is 11.2. The summed E-state index contributed by atoms with van der Waals surface area (Å²) in [4.78, 5) is 14.7. The van der Waals surface area contributed by atoms with Crippen LogP contribution in [0.1, 0.15) is 27.4 Å². The van der Waals surface area contributed by atoms with Gasteiger partial charge in [0, 0.05) is 42.7 Å². The Bertz CT molecular complexity index is 731. The highest BCUT2D eigenvalue weighted by molar-refractivity contribution is 6.30. The third kappa shape index (κ3) is 2.87. The number of likely N-dealkylation sites (tertiary alicyclic amines) is 1. The van der Waals surface area contributed by atoms with Crippen LogP contribution in [0.5, 0.6) is 0 Å². The van der Waals surface area contributed by atoms with Crippen molar-refractivity contribution in [3.63, 3.8) is 0 Å². The highest BCUT2D eigenvalue weighted by Gasteiger charge is 2.38. The van der Waals surface area contributed by atoms with Gasteiger partial charge in [0.2, 0.25) is 0 Å². The number of fused-ring (bicyclic) bond motifs is 3. The SMILES string of the molecule is O=C1NC[C@H]2CN(Cc3ccccc3)C[C@@H]2c2cc(Cl)ccc21. The molecule has 2 heterocycles. The molecule has 3 nitrogen and oxygen atoms in total. The van der Waals surface area contributed by atoms with E-state index < -0.39 is 0 Å². The smallest absolute Gasteiger partial charge is 0.251 e. The molecule has 2 aliphatic heterocycles. The van der Waals surface area contributed by atoms with Crippen LogP contribution < -0.4 is 5.32 Å². The first-order valence-corrected chi connectivity index (χ1v) is 8.42. The highest BCUT2D eigenvalue weighted by Crippen LogP contribution is 2.37. The molecule has 4 heteroatoms. The van der Waals surface area contributed by atoms with Gasteiger partial charge in [0.25, 0.3) is 5.91 Å². The third-order valence-corrected chi connectivity index (χ3v) is 5.18. The fourth-order valence-corrected chi connectivity index (χ4v) is 4.04. The van der Waals surface area contributed by atoms with Crippen molar-refractivity contribution in [1.29, 1.82) is 0 Å². The first-order valence-electron chi connectivity index (χ1n) is 8.04. The largest absolute Gasteiger partial charge is 0.352 e. The minimum atomic E-state index is 0.0284. The average Bonchev–Trinajstić information content (AvgIpc) is 2.91. The molecule has 2 aromatic rings. The number of hydrogen-bond donors (Lipinski definition) is 1. The van der Waals surface area contributed by atoms with E-state index in [1.807, 2.05) is 18.2 Å². The maximum Gasteiger partial charge on any atom is 0.251 e. The van der Waals surface area contributed by atoms with Crippen LogP contribution in [-0.2, 0) is 6.54 Å². The van der Waals surface area contributed by atoms with E-state index in [1.54, 1.807) is 6.07 Å². The predicted octanol–water partition coefficient (Wildman–Crippen LogP) is 3.30. The summed E-state index contributed by atoms with van der Waals surface area (Å²) in [6, 6.07) is 16.2. The molecule has 0 spiro atoms. The molecule has 0 saturated carbocycles. The van der Waals surface area contributed by atoms with Crippen molar-refractivity contribution in [2.45, 2.75) is 12.5 Å². The maximum atomic E-state index is 12.3. The van der Waals surface area contributed by atoms with Gasteiger partial charge in [-0.3, -0.25) is 9.69 Å². The van der Waals surface area contributed by atoms with E-state index in [9.17, 15) is 4.79 Å². The number of hydrogen-bond acceptors (Lipinski definition) is 2. The Morgan fingerprint density at radius 2 is 1.96 bits per heavy atom. The molecule has 0 aromatic heterocycles. The van der Waals surface area contributed by atoms with Crippen molar-refractivity contribution >= 4 is 17.5 Å². The second-order valence-corrected chi connectivity index (χ2v) is 6.92. The van der Waals surface area contributed by atoms with Crippen molar-refractivity contribution in [3.8, 4) is 0 Å². The Labute approximate surface area is 141 Å². The van der Waals surface area contributed by atoms with Gasteiger partial charge in [0.15, 0.2) is 0 Å². The normalized spacial score (nSPS) is 23.8. The fourth-order valence-electron chi connectivity index (χ4n) is 3.86. The molecule has 1 saturated heterocycles. The second-order valence-electron chi connectivity index (χ2n) is 6.49. The fraction of sp³-hybridized carbons (Fsp3) is 0.316. The topological polar surface area (TPSA) is 32.3 Å². The molecular weight excluding hydrogens is 308 g/mol. The minimum absolute atomic E-state index is 0.0284. The number of amides is 1. The van der Waals surface area contributed by atoms with Crippen LogP contribution in [0, 0.1) is 5.92 Å². The zero-order chi connectivity index (χ0) is 15.8. The maximum absolute atomic E-state index is 12.3. The monoisotopic (exact) mass is 326 g/mol. The number of nitrogens with one attached hydrogen (secondary N) is 1. The van der Waals surface area contributed by atoms with Crippen molar-refractivity contribution < 1.29 is 4.79 Å². The number of rotatable bonds is 2. The predicted molar refractivity (Wildman–Crippen MR) is 91.7 cm³/mol. The van der Waals surface area contributed by atoms with Crippen molar-refractivity contribution in [2.24, 2.45) is 5.92 Å². The molecule has 1 fully saturated rings. The summed E-state index contributed by atoms with van der Waals surface area (Å²) in [5.74, 6) is 0.842. The van der Waals surface area contributed by atoms with Gasteiger partial charge >= 0.3 is 0 Å². The summed E-state index contributed by atoms with van der Waals surface area (Å²) in [6.07, 6.45) is 0. The van der Waals surface area contributed by atoms with Crippen LogP contribution in [0.15, 0.2) is 48.5 Å². The lowest BCUT2D eigenvalue weighted by Gasteiger charge is -2.17. The number of benzene rings is 2.